The molecule has 1 aromatic carbocycles. The van der Waals surface area contributed by atoms with Crippen LogP contribution in [0.4, 0.5) is 5.69 Å². The van der Waals surface area contributed by atoms with E-state index in [2.05, 4.69) is 15.3 Å². The molecule has 0 amide bonds. The summed E-state index contributed by atoms with van der Waals surface area (Å²) in [5.41, 5.74) is 7.56. The molecule has 112 valence electrons. The van der Waals surface area contributed by atoms with Crippen molar-refractivity contribution < 1.29 is 4.74 Å². The molecule has 0 aliphatic carbocycles. The van der Waals surface area contributed by atoms with Crippen molar-refractivity contribution >= 4 is 47.2 Å². The summed E-state index contributed by atoms with van der Waals surface area (Å²) >= 11 is 6.03. The van der Waals surface area contributed by atoms with Gasteiger partial charge >= 0.3 is 0 Å². The van der Waals surface area contributed by atoms with E-state index >= 15 is 0 Å². The van der Waals surface area contributed by atoms with Gasteiger partial charge in [-0.15, -0.1) is 24.0 Å². The Hall–Kier alpha value is -1.54. The number of ether oxygens (including phenoxy) is 1. The Balaban J connectivity index is 0.00000220. The lowest BCUT2D eigenvalue weighted by atomic mass is 10.3. The van der Waals surface area contributed by atoms with Crippen LogP contribution in [0.2, 0.25) is 5.02 Å². The Morgan fingerprint density at radius 1 is 1.43 bits per heavy atom. The van der Waals surface area contributed by atoms with Crippen molar-refractivity contribution in [3.8, 4) is 5.75 Å². The Bertz CT molecular complexity index is 607. The van der Waals surface area contributed by atoms with Gasteiger partial charge in [-0.2, -0.15) is 0 Å². The third kappa shape index (κ3) is 5.39. The Morgan fingerprint density at radius 2 is 2.24 bits per heavy atom. The lowest BCUT2D eigenvalue weighted by Crippen LogP contribution is -2.22. The Labute approximate surface area is 145 Å². The molecule has 3 N–H and O–H groups in total. The third-order valence-electron chi connectivity index (χ3n) is 2.58. The molecular formula is C14H16ClIN4O. The number of aromatic nitrogens is 1. The molecule has 0 saturated carbocycles. The van der Waals surface area contributed by atoms with Crippen molar-refractivity contribution in [2.24, 2.45) is 10.7 Å². The summed E-state index contributed by atoms with van der Waals surface area (Å²) in [4.78, 5) is 8.25. The van der Waals surface area contributed by atoms with Gasteiger partial charge < -0.3 is 15.8 Å². The molecule has 0 radical (unpaired) electrons. The number of nitrogens with zero attached hydrogens (tertiary/aromatic N) is 2. The maximum Gasteiger partial charge on any atom is 0.193 e. The largest absolute Gasteiger partial charge is 0.495 e. The zero-order valence-electron chi connectivity index (χ0n) is 11.4. The lowest BCUT2D eigenvalue weighted by molar-refractivity contribution is 0.415. The average Bonchev–Trinajstić information content (AvgIpc) is 2.46. The van der Waals surface area contributed by atoms with Crippen LogP contribution in [0.1, 0.15) is 5.56 Å². The van der Waals surface area contributed by atoms with Gasteiger partial charge in [0.1, 0.15) is 5.75 Å². The summed E-state index contributed by atoms with van der Waals surface area (Å²) in [6.07, 6.45) is 3.47. The minimum Gasteiger partial charge on any atom is -0.495 e. The first kappa shape index (κ1) is 17.5. The smallest absolute Gasteiger partial charge is 0.193 e. The molecule has 0 saturated heterocycles. The van der Waals surface area contributed by atoms with Crippen molar-refractivity contribution in [3.63, 3.8) is 0 Å². The average molecular weight is 419 g/mol. The molecule has 5 nitrogen and oxygen atoms in total. The van der Waals surface area contributed by atoms with E-state index in [9.17, 15) is 0 Å². The molecule has 0 aliphatic rings. The van der Waals surface area contributed by atoms with E-state index in [1.165, 1.54) is 0 Å². The predicted octanol–water partition coefficient (Wildman–Crippen LogP) is 3.29. The first-order valence-electron chi connectivity index (χ1n) is 5.98. The topological polar surface area (TPSA) is 72.5 Å². The van der Waals surface area contributed by atoms with Gasteiger partial charge in [-0.1, -0.05) is 17.7 Å². The number of nitrogens with two attached hydrogens (primary N) is 1. The van der Waals surface area contributed by atoms with Crippen LogP contribution in [0.15, 0.2) is 47.7 Å². The van der Waals surface area contributed by atoms with Gasteiger partial charge in [0, 0.05) is 18.1 Å². The van der Waals surface area contributed by atoms with Gasteiger partial charge in [-0.3, -0.25) is 4.98 Å². The molecule has 7 heteroatoms. The van der Waals surface area contributed by atoms with Gasteiger partial charge in [0.2, 0.25) is 0 Å². The summed E-state index contributed by atoms with van der Waals surface area (Å²) in [6, 6.07) is 9.11. The SMILES string of the molecule is COc1ccc(NC(N)=NCc2cccnc2)cc1Cl.I. The molecule has 1 aromatic heterocycles. The quantitative estimate of drug-likeness (QED) is 0.454. The molecular weight excluding hydrogens is 403 g/mol. The molecule has 0 spiro atoms. The number of pyridine rings is 1. The van der Waals surface area contributed by atoms with E-state index in [-0.39, 0.29) is 24.0 Å². The fourth-order valence-electron chi connectivity index (χ4n) is 1.60. The van der Waals surface area contributed by atoms with Crippen molar-refractivity contribution in [3.05, 3.63) is 53.3 Å². The molecule has 2 rings (SSSR count). The van der Waals surface area contributed by atoms with E-state index in [0.29, 0.717) is 23.3 Å². The molecule has 0 aliphatic heterocycles. The van der Waals surface area contributed by atoms with Gasteiger partial charge in [0.05, 0.1) is 18.7 Å². The van der Waals surface area contributed by atoms with Crippen molar-refractivity contribution in [2.45, 2.75) is 6.54 Å². The number of aliphatic imine (C=N–C) groups is 1. The van der Waals surface area contributed by atoms with Crippen LogP contribution >= 0.6 is 35.6 Å². The number of benzene rings is 1. The van der Waals surface area contributed by atoms with Gasteiger partial charge in [-0.25, -0.2) is 4.99 Å². The van der Waals surface area contributed by atoms with E-state index < -0.39 is 0 Å². The van der Waals surface area contributed by atoms with Crippen LogP contribution in [0.25, 0.3) is 0 Å². The number of hydrogen-bond acceptors (Lipinski definition) is 3. The maximum absolute atomic E-state index is 6.03. The van der Waals surface area contributed by atoms with Crippen molar-refractivity contribution in [1.82, 2.24) is 4.98 Å². The Kier molecular flexibility index (Phi) is 7.24. The van der Waals surface area contributed by atoms with Crippen LogP contribution in [0.3, 0.4) is 0 Å². The third-order valence-corrected chi connectivity index (χ3v) is 2.87. The highest BCUT2D eigenvalue weighted by Crippen LogP contribution is 2.26. The van der Waals surface area contributed by atoms with Crippen molar-refractivity contribution in [2.75, 3.05) is 12.4 Å². The van der Waals surface area contributed by atoms with Crippen LogP contribution in [0.5, 0.6) is 5.75 Å². The monoisotopic (exact) mass is 418 g/mol. The molecule has 1 heterocycles. The minimum absolute atomic E-state index is 0. The highest BCUT2D eigenvalue weighted by molar-refractivity contribution is 14.0. The van der Waals surface area contributed by atoms with Gasteiger partial charge in [0.15, 0.2) is 5.96 Å². The van der Waals surface area contributed by atoms with E-state index in [1.54, 1.807) is 31.6 Å². The predicted molar refractivity (Wildman–Crippen MR) is 96.6 cm³/mol. The fraction of sp³-hybridized carbons (Fsp3) is 0.143. The highest BCUT2D eigenvalue weighted by Gasteiger charge is 2.02. The lowest BCUT2D eigenvalue weighted by Gasteiger charge is -2.08. The first-order chi connectivity index (χ1) is 9.69. The van der Waals surface area contributed by atoms with E-state index in [4.69, 9.17) is 22.1 Å². The first-order valence-corrected chi connectivity index (χ1v) is 6.36. The summed E-state index contributed by atoms with van der Waals surface area (Å²) in [7, 11) is 1.57. The molecule has 21 heavy (non-hydrogen) atoms. The second kappa shape index (κ2) is 8.68. The Morgan fingerprint density at radius 3 is 2.86 bits per heavy atom. The molecule has 0 unspecified atom stereocenters. The number of nitrogens with one attached hydrogen (secondary N) is 1. The highest BCUT2D eigenvalue weighted by atomic mass is 127. The summed E-state index contributed by atoms with van der Waals surface area (Å²) in [6.45, 7) is 0.469. The number of methoxy groups -OCH3 is 1. The number of halogens is 2. The molecule has 0 fully saturated rings. The van der Waals surface area contributed by atoms with Crippen LogP contribution in [-0.2, 0) is 6.54 Å². The summed E-state index contributed by atoms with van der Waals surface area (Å²) in [5, 5.41) is 3.48. The van der Waals surface area contributed by atoms with Gasteiger partial charge in [0.25, 0.3) is 0 Å². The summed E-state index contributed by atoms with van der Waals surface area (Å²) in [5.74, 6) is 0.929. The van der Waals surface area contributed by atoms with Crippen LogP contribution in [-0.4, -0.2) is 18.1 Å². The number of rotatable bonds is 4. The van der Waals surface area contributed by atoms with E-state index in [0.717, 1.165) is 11.3 Å². The van der Waals surface area contributed by atoms with Crippen molar-refractivity contribution in [1.29, 1.82) is 0 Å². The van der Waals surface area contributed by atoms with E-state index in [1.807, 2.05) is 18.2 Å². The minimum atomic E-state index is 0. The number of anilines is 1. The standard InChI is InChI=1S/C14H15ClN4O.HI/c1-20-13-5-4-11(7-12(13)15)19-14(16)18-9-10-3-2-6-17-8-10;/h2-8H,9H2,1H3,(H3,16,18,19);1H. The maximum atomic E-state index is 6.03. The zero-order chi connectivity index (χ0) is 14.4. The zero-order valence-corrected chi connectivity index (χ0v) is 14.5. The molecule has 0 atom stereocenters. The van der Waals surface area contributed by atoms with Crippen LogP contribution in [0, 0.1) is 0 Å². The van der Waals surface area contributed by atoms with Gasteiger partial charge in [-0.05, 0) is 29.8 Å². The fourth-order valence-corrected chi connectivity index (χ4v) is 1.86. The van der Waals surface area contributed by atoms with Crippen LogP contribution < -0.4 is 15.8 Å². The second-order valence-corrected chi connectivity index (χ2v) is 4.44. The molecule has 2 aromatic rings. The normalized spacial score (nSPS) is 10.7. The summed E-state index contributed by atoms with van der Waals surface area (Å²) < 4.78 is 5.08. The number of guanidine groups is 1. The number of hydrogen-bond donors (Lipinski definition) is 2. The second-order valence-electron chi connectivity index (χ2n) is 4.04. The molecule has 0 bridgehead atoms.